The first-order valence-electron chi connectivity index (χ1n) is 7.31. The normalized spacial score (nSPS) is 22.6. The number of aromatic nitrogens is 2. The van der Waals surface area contributed by atoms with Gasteiger partial charge in [-0.25, -0.2) is 0 Å². The summed E-state index contributed by atoms with van der Waals surface area (Å²) >= 11 is 2.09. The monoisotopic (exact) mass is 281 g/mol. The lowest BCUT2D eigenvalue weighted by molar-refractivity contribution is 0.244. The van der Waals surface area contributed by atoms with E-state index in [1.54, 1.807) is 0 Å². The van der Waals surface area contributed by atoms with Gasteiger partial charge in [-0.1, -0.05) is 13.8 Å². The van der Waals surface area contributed by atoms with Crippen LogP contribution in [0.1, 0.15) is 38.1 Å². The molecule has 1 aliphatic heterocycles. The van der Waals surface area contributed by atoms with Gasteiger partial charge in [0.2, 0.25) is 0 Å². The molecule has 1 N–H and O–H groups in total. The molecule has 3 nitrogen and oxygen atoms in total. The molecule has 0 aromatic carbocycles. The summed E-state index contributed by atoms with van der Waals surface area (Å²) in [6.45, 7) is 11.1. The highest BCUT2D eigenvalue weighted by atomic mass is 32.2. The van der Waals surface area contributed by atoms with Crippen LogP contribution in [0.15, 0.2) is 6.07 Å². The van der Waals surface area contributed by atoms with E-state index in [0.717, 1.165) is 25.2 Å². The predicted molar refractivity (Wildman–Crippen MR) is 83.8 cm³/mol. The van der Waals surface area contributed by atoms with Gasteiger partial charge in [0.15, 0.2) is 0 Å². The van der Waals surface area contributed by atoms with Crippen molar-refractivity contribution in [1.82, 2.24) is 15.1 Å². The molecule has 1 fully saturated rings. The lowest BCUT2D eigenvalue weighted by Gasteiger charge is -2.39. The van der Waals surface area contributed by atoms with Crippen LogP contribution in [0.3, 0.4) is 0 Å². The standard InChI is InChI=1S/C15H27N3S/c1-12-10-13(2)18(17-12)8-5-7-16-14-11-19-9-6-15(14,3)4/h10,14,16H,5-9,11H2,1-4H3. The number of aryl methyl sites for hydroxylation is 3. The average molecular weight is 281 g/mol. The lowest BCUT2D eigenvalue weighted by Crippen LogP contribution is -2.47. The highest BCUT2D eigenvalue weighted by Gasteiger charge is 2.31. The number of hydrogen-bond acceptors (Lipinski definition) is 3. The molecule has 0 radical (unpaired) electrons. The molecule has 1 aliphatic rings. The minimum absolute atomic E-state index is 0.448. The fraction of sp³-hybridized carbons (Fsp3) is 0.800. The number of thioether (sulfide) groups is 1. The Balaban J connectivity index is 1.73. The fourth-order valence-electron chi connectivity index (χ4n) is 2.68. The maximum atomic E-state index is 4.51. The zero-order valence-electron chi connectivity index (χ0n) is 12.7. The number of rotatable bonds is 5. The molecule has 1 atom stereocenters. The van der Waals surface area contributed by atoms with Gasteiger partial charge in [0.25, 0.3) is 0 Å². The van der Waals surface area contributed by atoms with E-state index in [4.69, 9.17) is 0 Å². The van der Waals surface area contributed by atoms with Gasteiger partial charge in [-0.3, -0.25) is 4.68 Å². The fourth-order valence-corrected chi connectivity index (χ4v) is 4.32. The van der Waals surface area contributed by atoms with E-state index in [-0.39, 0.29) is 0 Å². The minimum atomic E-state index is 0.448. The molecule has 108 valence electrons. The quantitative estimate of drug-likeness (QED) is 0.842. The Labute approximate surface area is 121 Å². The molecule has 1 aromatic heterocycles. The molecule has 0 spiro atoms. The van der Waals surface area contributed by atoms with Crippen molar-refractivity contribution in [3.05, 3.63) is 17.5 Å². The molecule has 4 heteroatoms. The van der Waals surface area contributed by atoms with Crippen LogP contribution >= 0.6 is 11.8 Å². The summed E-state index contributed by atoms with van der Waals surface area (Å²) in [5, 5.41) is 8.25. The van der Waals surface area contributed by atoms with Crippen LogP contribution in [0.4, 0.5) is 0 Å². The number of nitrogens with zero attached hydrogens (tertiary/aromatic N) is 2. The van der Waals surface area contributed by atoms with Crippen molar-refractivity contribution >= 4 is 11.8 Å². The van der Waals surface area contributed by atoms with Gasteiger partial charge < -0.3 is 5.32 Å². The van der Waals surface area contributed by atoms with Crippen LogP contribution in [-0.4, -0.2) is 33.9 Å². The van der Waals surface area contributed by atoms with Gasteiger partial charge in [0, 0.05) is 24.0 Å². The third kappa shape index (κ3) is 3.99. The SMILES string of the molecule is Cc1cc(C)n(CCCNC2CSCCC2(C)C)n1. The highest BCUT2D eigenvalue weighted by molar-refractivity contribution is 7.99. The summed E-state index contributed by atoms with van der Waals surface area (Å²) in [5.41, 5.74) is 2.84. The van der Waals surface area contributed by atoms with Crippen molar-refractivity contribution in [1.29, 1.82) is 0 Å². The van der Waals surface area contributed by atoms with E-state index < -0.39 is 0 Å². The van der Waals surface area contributed by atoms with Crippen molar-refractivity contribution in [2.75, 3.05) is 18.1 Å². The summed E-state index contributed by atoms with van der Waals surface area (Å²) in [4.78, 5) is 0. The van der Waals surface area contributed by atoms with E-state index in [9.17, 15) is 0 Å². The third-order valence-corrected chi connectivity index (χ3v) is 5.22. The van der Waals surface area contributed by atoms with Crippen LogP contribution in [0.5, 0.6) is 0 Å². The smallest absolute Gasteiger partial charge is 0.0596 e. The second-order valence-electron chi connectivity index (χ2n) is 6.32. The van der Waals surface area contributed by atoms with Crippen molar-refractivity contribution in [2.24, 2.45) is 5.41 Å². The number of hydrogen-bond donors (Lipinski definition) is 1. The van der Waals surface area contributed by atoms with Crippen molar-refractivity contribution in [2.45, 2.75) is 53.1 Å². The van der Waals surface area contributed by atoms with Crippen LogP contribution in [0.25, 0.3) is 0 Å². The Morgan fingerprint density at radius 3 is 2.89 bits per heavy atom. The van der Waals surface area contributed by atoms with Crippen molar-refractivity contribution in [3.8, 4) is 0 Å². The highest BCUT2D eigenvalue weighted by Crippen LogP contribution is 2.33. The van der Waals surface area contributed by atoms with Crippen LogP contribution in [-0.2, 0) is 6.54 Å². The Hall–Kier alpha value is -0.480. The topological polar surface area (TPSA) is 29.9 Å². The summed E-state index contributed by atoms with van der Waals surface area (Å²) < 4.78 is 2.12. The van der Waals surface area contributed by atoms with Gasteiger partial charge in [-0.15, -0.1) is 0 Å². The molecule has 1 unspecified atom stereocenters. The molecular formula is C15H27N3S. The zero-order valence-corrected chi connectivity index (χ0v) is 13.5. The van der Waals surface area contributed by atoms with E-state index in [0.29, 0.717) is 11.5 Å². The maximum absolute atomic E-state index is 4.51. The Bertz CT molecular complexity index is 412. The first-order valence-corrected chi connectivity index (χ1v) is 8.47. The van der Waals surface area contributed by atoms with Gasteiger partial charge in [0.1, 0.15) is 0 Å². The first kappa shape index (κ1) is 14.9. The lowest BCUT2D eigenvalue weighted by atomic mass is 9.82. The third-order valence-electron chi connectivity index (χ3n) is 4.16. The van der Waals surface area contributed by atoms with E-state index in [2.05, 4.69) is 60.6 Å². The van der Waals surface area contributed by atoms with Crippen LogP contribution in [0, 0.1) is 19.3 Å². The maximum Gasteiger partial charge on any atom is 0.0596 e. The molecule has 0 saturated carbocycles. The average Bonchev–Trinajstić information content (AvgIpc) is 2.65. The van der Waals surface area contributed by atoms with Gasteiger partial charge >= 0.3 is 0 Å². The van der Waals surface area contributed by atoms with Crippen LogP contribution in [0.2, 0.25) is 0 Å². The summed E-state index contributed by atoms with van der Waals surface area (Å²) in [7, 11) is 0. The molecular weight excluding hydrogens is 254 g/mol. The molecule has 1 aromatic rings. The molecule has 2 rings (SSSR count). The van der Waals surface area contributed by atoms with Gasteiger partial charge in [-0.2, -0.15) is 16.9 Å². The van der Waals surface area contributed by atoms with Gasteiger partial charge in [-0.05, 0) is 50.5 Å². The summed E-state index contributed by atoms with van der Waals surface area (Å²) in [6.07, 6.45) is 2.48. The molecule has 19 heavy (non-hydrogen) atoms. The second-order valence-corrected chi connectivity index (χ2v) is 7.47. The van der Waals surface area contributed by atoms with E-state index >= 15 is 0 Å². The first-order chi connectivity index (χ1) is 8.99. The molecule has 1 saturated heterocycles. The predicted octanol–water partition coefficient (Wildman–Crippen LogP) is 3.01. The Morgan fingerprint density at radius 1 is 1.47 bits per heavy atom. The van der Waals surface area contributed by atoms with Crippen LogP contribution < -0.4 is 5.32 Å². The van der Waals surface area contributed by atoms with Gasteiger partial charge in [0.05, 0.1) is 5.69 Å². The molecule has 0 amide bonds. The Morgan fingerprint density at radius 2 is 2.26 bits per heavy atom. The Kier molecular flexibility index (Phi) is 4.96. The molecule has 0 bridgehead atoms. The summed E-state index contributed by atoms with van der Waals surface area (Å²) in [5.74, 6) is 2.57. The second kappa shape index (κ2) is 6.31. The summed E-state index contributed by atoms with van der Waals surface area (Å²) in [6, 6.07) is 2.81. The van der Waals surface area contributed by atoms with Crippen molar-refractivity contribution in [3.63, 3.8) is 0 Å². The van der Waals surface area contributed by atoms with Crippen molar-refractivity contribution < 1.29 is 0 Å². The minimum Gasteiger partial charge on any atom is -0.313 e. The molecule has 2 heterocycles. The largest absolute Gasteiger partial charge is 0.313 e. The number of nitrogens with one attached hydrogen (secondary N) is 1. The zero-order chi connectivity index (χ0) is 13.9. The van der Waals surface area contributed by atoms with E-state index in [1.165, 1.54) is 23.6 Å². The molecule has 0 aliphatic carbocycles. The van der Waals surface area contributed by atoms with E-state index in [1.807, 2.05) is 0 Å².